The fraction of sp³-hybridized carbons (Fsp3) is 0.333. The lowest BCUT2D eigenvalue weighted by Gasteiger charge is -2.18. The summed E-state index contributed by atoms with van der Waals surface area (Å²) in [4.78, 5) is 0. The maximum Gasteiger partial charge on any atom is 0.0530 e. The largest absolute Gasteiger partial charge is 0.307 e. The molecule has 0 radical (unpaired) electrons. The Morgan fingerprint density at radius 1 is 1.38 bits per heavy atom. The maximum atomic E-state index is 3.99. The molecule has 1 aromatic carbocycles. The van der Waals surface area contributed by atoms with Crippen molar-refractivity contribution in [3.8, 4) is 0 Å². The first-order valence-corrected chi connectivity index (χ1v) is 4.69. The smallest absolute Gasteiger partial charge is 0.0530 e. The van der Waals surface area contributed by atoms with E-state index in [2.05, 4.69) is 50.0 Å². The summed E-state index contributed by atoms with van der Waals surface area (Å²) in [5.74, 6) is 0. The first kappa shape index (κ1) is 10.0. The number of nitrogens with one attached hydrogen (secondary N) is 1. The van der Waals surface area contributed by atoms with Crippen LogP contribution in [0.5, 0.6) is 0 Å². The van der Waals surface area contributed by atoms with Gasteiger partial charge in [-0.3, -0.25) is 0 Å². The van der Waals surface area contributed by atoms with Gasteiger partial charge in [-0.05, 0) is 19.0 Å². The Morgan fingerprint density at radius 3 is 2.46 bits per heavy atom. The predicted molar refractivity (Wildman–Crippen MR) is 57.7 cm³/mol. The van der Waals surface area contributed by atoms with E-state index in [0.717, 1.165) is 12.1 Å². The molecule has 70 valence electrons. The van der Waals surface area contributed by atoms with Crippen LogP contribution in [0.3, 0.4) is 0 Å². The second-order valence-corrected chi connectivity index (χ2v) is 3.25. The Hall–Kier alpha value is -1.08. The zero-order chi connectivity index (χ0) is 9.68. The number of rotatable bonds is 4. The van der Waals surface area contributed by atoms with Gasteiger partial charge < -0.3 is 5.32 Å². The van der Waals surface area contributed by atoms with E-state index in [-0.39, 0.29) is 0 Å². The fourth-order valence-electron chi connectivity index (χ4n) is 1.43. The summed E-state index contributed by atoms with van der Waals surface area (Å²) in [6.07, 6.45) is 0. The molecule has 1 N–H and O–H groups in total. The van der Waals surface area contributed by atoms with Crippen LogP contribution in [0.2, 0.25) is 0 Å². The van der Waals surface area contributed by atoms with Crippen LogP contribution in [-0.4, -0.2) is 6.54 Å². The molecule has 0 heterocycles. The molecule has 1 heteroatoms. The Bertz CT molecular complexity index is 264. The second kappa shape index (κ2) is 4.83. The highest BCUT2D eigenvalue weighted by atomic mass is 14.9. The fourth-order valence-corrected chi connectivity index (χ4v) is 1.43. The number of hydrogen-bond acceptors (Lipinski definition) is 1. The summed E-state index contributed by atoms with van der Waals surface area (Å²) >= 11 is 0. The lowest BCUT2D eigenvalue weighted by Crippen LogP contribution is -2.21. The summed E-state index contributed by atoms with van der Waals surface area (Å²) in [6, 6.07) is 10.7. The van der Waals surface area contributed by atoms with E-state index < -0.39 is 0 Å². The average molecular weight is 175 g/mol. The van der Waals surface area contributed by atoms with Gasteiger partial charge in [0.05, 0.1) is 6.04 Å². The zero-order valence-corrected chi connectivity index (χ0v) is 8.38. The standard InChI is InChI=1S/C12H17N/c1-4-13-12(10(2)3)11-8-6-5-7-9-11/h5-9,12-13H,2,4H2,1,3H3. The summed E-state index contributed by atoms with van der Waals surface area (Å²) in [5, 5.41) is 3.40. The minimum absolute atomic E-state index is 0.297. The van der Waals surface area contributed by atoms with Gasteiger partial charge in [0.25, 0.3) is 0 Å². The van der Waals surface area contributed by atoms with Gasteiger partial charge in [-0.2, -0.15) is 0 Å². The van der Waals surface area contributed by atoms with Crippen LogP contribution in [-0.2, 0) is 0 Å². The molecule has 0 fully saturated rings. The van der Waals surface area contributed by atoms with Gasteiger partial charge in [0.1, 0.15) is 0 Å². The molecule has 0 aliphatic rings. The van der Waals surface area contributed by atoms with Gasteiger partial charge >= 0.3 is 0 Å². The normalized spacial score (nSPS) is 12.5. The van der Waals surface area contributed by atoms with E-state index in [1.54, 1.807) is 0 Å². The van der Waals surface area contributed by atoms with Crippen molar-refractivity contribution in [1.82, 2.24) is 5.32 Å². The summed E-state index contributed by atoms with van der Waals surface area (Å²) in [5.41, 5.74) is 2.45. The highest BCUT2D eigenvalue weighted by molar-refractivity contribution is 5.25. The highest BCUT2D eigenvalue weighted by Gasteiger charge is 2.08. The Kier molecular flexibility index (Phi) is 3.71. The van der Waals surface area contributed by atoms with Crippen molar-refractivity contribution in [2.45, 2.75) is 19.9 Å². The molecule has 1 atom stereocenters. The molecule has 1 unspecified atom stereocenters. The van der Waals surface area contributed by atoms with E-state index in [1.807, 2.05) is 6.07 Å². The van der Waals surface area contributed by atoms with Gasteiger partial charge in [-0.25, -0.2) is 0 Å². The molecule has 0 saturated heterocycles. The van der Waals surface area contributed by atoms with Gasteiger partial charge in [-0.15, -0.1) is 0 Å². The minimum Gasteiger partial charge on any atom is -0.307 e. The Balaban J connectivity index is 2.82. The molecule has 1 aromatic rings. The molecule has 0 spiro atoms. The van der Waals surface area contributed by atoms with Gasteiger partial charge in [0.15, 0.2) is 0 Å². The second-order valence-electron chi connectivity index (χ2n) is 3.25. The van der Waals surface area contributed by atoms with Crippen molar-refractivity contribution in [3.05, 3.63) is 48.0 Å². The molecule has 0 bridgehead atoms. The average Bonchev–Trinajstić information content (AvgIpc) is 2.15. The first-order chi connectivity index (χ1) is 6.25. The molecule has 0 aromatic heterocycles. The van der Waals surface area contributed by atoms with Crippen molar-refractivity contribution in [3.63, 3.8) is 0 Å². The lowest BCUT2D eigenvalue weighted by molar-refractivity contribution is 0.621. The quantitative estimate of drug-likeness (QED) is 0.694. The van der Waals surface area contributed by atoms with Crippen molar-refractivity contribution in [1.29, 1.82) is 0 Å². The first-order valence-electron chi connectivity index (χ1n) is 4.69. The van der Waals surface area contributed by atoms with Crippen LogP contribution in [0, 0.1) is 0 Å². The van der Waals surface area contributed by atoms with Crippen LogP contribution >= 0.6 is 0 Å². The summed E-state index contributed by atoms with van der Waals surface area (Å²) < 4.78 is 0. The molecule has 1 rings (SSSR count). The van der Waals surface area contributed by atoms with E-state index in [9.17, 15) is 0 Å². The van der Waals surface area contributed by atoms with Crippen molar-refractivity contribution < 1.29 is 0 Å². The number of benzene rings is 1. The maximum absolute atomic E-state index is 3.99. The molecular formula is C12H17N. The summed E-state index contributed by atoms with van der Waals surface area (Å²) in [7, 11) is 0. The molecule has 1 nitrogen and oxygen atoms in total. The van der Waals surface area contributed by atoms with E-state index in [0.29, 0.717) is 6.04 Å². The third-order valence-electron chi connectivity index (χ3n) is 2.03. The molecule has 13 heavy (non-hydrogen) atoms. The Labute approximate surface area is 80.5 Å². The van der Waals surface area contributed by atoms with Crippen LogP contribution in [0.25, 0.3) is 0 Å². The number of likely N-dealkylation sites (N-methyl/N-ethyl adjacent to an activating group) is 1. The van der Waals surface area contributed by atoms with Gasteiger partial charge in [-0.1, -0.05) is 49.4 Å². The molecule has 0 aliphatic heterocycles. The van der Waals surface area contributed by atoms with Crippen molar-refractivity contribution in [2.24, 2.45) is 0 Å². The van der Waals surface area contributed by atoms with Crippen LogP contribution in [0.4, 0.5) is 0 Å². The van der Waals surface area contributed by atoms with Crippen molar-refractivity contribution in [2.75, 3.05) is 6.54 Å². The molecule has 0 saturated carbocycles. The van der Waals surface area contributed by atoms with Crippen LogP contribution in [0.15, 0.2) is 42.5 Å². The lowest BCUT2D eigenvalue weighted by atomic mass is 10.0. The van der Waals surface area contributed by atoms with Crippen LogP contribution < -0.4 is 5.32 Å². The zero-order valence-electron chi connectivity index (χ0n) is 8.38. The molecule has 0 aliphatic carbocycles. The molecule has 0 amide bonds. The third-order valence-corrected chi connectivity index (χ3v) is 2.03. The monoisotopic (exact) mass is 175 g/mol. The van der Waals surface area contributed by atoms with Gasteiger partial charge in [0, 0.05) is 0 Å². The topological polar surface area (TPSA) is 12.0 Å². The van der Waals surface area contributed by atoms with E-state index in [1.165, 1.54) is 5.56 Å². The molecular weight excluding hydrogens is 158 g/mol. The van der Waals surface area contributed by atoms with E-state index >= 15 is 0 Å². The Morgan fingerprint density at radius 2 is 2.00 bits per heavy atom. The van der Waals surface area contributed by atoms with E-state index in [4.69, 9.17) is 0 Å². The minimum atomic E-state index is 0.297. The predicted octanol–water partition coefficient (Wildman–Crippen LogP) is 2.91. The SMILES string of the molecule is C=C(C)C(NCC)c1ccccc1. The van der Waals surface area contributed by atoms with Crippen LogP contribution in [0.1, 0.15) is 25.5 Å². The summed E-state index contributed by atoms with van der Waals surface area (Å²) in [6.45, 7) is 9.12. The number of hydrogen-bond donors (Lipinski definition) is 1. The highest BCUT2D eigenvalue weighted by Crippen LogP contribution is 2.18. The van der Waals surface area contributed by atoms with Crippen molar-refractivity contribution >= 4 is 0 Å². The van der Waals surface area contributed by atoms with Gasteiger partial charge in [0.2, 0.25) is 0 Å². The third kappa shape index (κ3) is 2.71.